The average Bonchev–Trinajstić information content (AvgIpc) is 2.71. The van der Waals surface area contributed by atoms with Gasteiger partial charge in [-0.25, -0.2) is 13.2 Å². The van der Waals surface area contributed by atoms with Crippen molar-refractivity contribution < 1.29 is 8.42 Å². The molecule has 0 bridgehead atoms. The van der Waals surface area contributed by atoms with Crippen molar-refractivity contribution in [3.8, 4) is 0 Å². The number of sulfonamides is 1. The smallest absolute Gasteiger partial charge is 0.295 e. The summed E-state index contributed by atoms with van der Waals surface area (Å²) in [6.07, 6.45) is 0. The molecule has 1 aromatic heterocycles. The first-order chi connectivity index (χ1) is 10.8. The van der Waals surface area contributed by atoms with Gasteiger partial charge in [0.05, 0.1) is 21.6 Å². The summed E-state index contributed by atoms with van der Waals surface area (Å²) in [5, 5.41) is 0.436. The van der Waals surface area contributed by atoms with E-state index in [1.165, 1.54) is 27.3 Å². The summed E-state index contributed by atoms with van der Waals surface area (Å²) in [5.41, 5.74) is 1.38. The van der Waals surface area contributed by atoms with Gasteiger partial charge in [-0.05, 0) is 36.4 Å². The van der Waals surface area contributed by atoms with Crippen molar-refractivity contribution in [1.82, 2.24) is 9.13 Å². The molecule has 0 spiro atoms. The minimum absolute atomic E-state index is 0.0752. The van der Waals surface area contributed by atoms with E-state index < -0.39 is 10.0 Å². The zero-order chi connectivity index (χ0) is 16.8. The number of benzene rings is 2. The molecule has 0 aliphatic heterocycles. The molecule has 0 saturated heterocycles. The molecule has 2 aromatic carbocycles. The Morgan fingerprint density at radius 2 is 1.70 bits per heavy atom. The number of aryl methyl sites for hydroxylation is 2. The lowest BCUT2D eigenvalue weighted by Crippen LogP contribution is -2.19. The molecule has 23 heavy (non-hydrogen) atoms. The number of hydrogen-bond acceptors (Lipinski definition) is 3. The highest BCUT2D eigenvalue weighted by Gasteiger charge is 2.17. The summed E-state index contributed by atoms with van der Waals surface area (Å²) in [6.45, 7) is 0. The fourth-order valence-corrected chi connectivity index (χ4v) is 3.68. The van der Waals surface area contributed by atoms with Gasteiger partial charge in [0.25, 0.3) is 10.0 Å². The molecular formula is C15H14ClN3O3S. The van der Waals surface area contributed by atoms with Crippen LogP contribution in [0.25, 0.3) is 11.0 Å². The normalized spacial score (nSPS) is 11.8. The first-order valence-electron chi connectivity index (χ1n) is 6.73. The van der Waals surface area contributed by atoms with E-state index in [1.54, 1.807) is 38.4 Å². The van der Waals surface area contributed by atoms with Crippen LogP contribution >= 0.6 is 11.6 Å². The fraction of sp³-hybridized carbons (Fsp3) is 0.133. The van der Waals surface area contributed by atoms with Crippen LogP contribution in [0.3, 0.4) is 0 Å². The first-order valence-corrected chi connectivity index (χ1v) is 8.59. The van der Waals surface area contributed by atoms with Crippen LogP contribution in [-0.2, 0) is 24.1 Å². The number of anilines is 1. The third-order valence-corrected chi connectivity index (χ3v) is 5.24. The molecule has 0 radical (unpaired) electrons. The molecule has 8 heteroatoms. The number of hydrogen-bond donors (Lipinski definition) is 1. The molecule has 0 atom stereocenters. The maximum Gasteiger partial charge on any atom is 0.328 e. The largest absolute Gasteiger partial charge is 0.328 e. The van der Waals surface area contributed by atoms with Gasteiger partial charge >= 0.3 is 5.69 Å². The van der Waals surface area contributed by atoms with Gasteiger partial charge in [0.15, 0.2) is 0 Å². The first kappa shape index (κ1) is 15.6. The van der Waals surface area contributed by atoms with E-state index in [1.807, 2.05) is 0 Å². The zero-order valence-electron chi connectivity index (χ0n) is 12.4. The van der Waals surface area contributed by atoms with Gasteiger partial charge in [0.1, 0.15) is 0 Å². The van der Waals surface area contributed by atoms with Crippen molar-refractivity contribution in [1.29, 1.82) is 0 Å². The maximum atomic E-state index is 12.5. The Hall–Kier alpha value is -2.25. The summed E-state index contributed by atoms with van der Waals surface area (Å²) in [4.78, 5) is 12.0. The number of imidazole rings is 1. The molecule has 0 aliphatic carbocycles. The molecule has 0 aliphatic rings. The van der Waals surface area contributed by atoms with Crippen molar-refractivity contribution in [2.45, 2.75) is 4.90 Å². The molecule has 1 heterocycles. The number of aromatic nitrogens is 2. The summed E-state index contributed by atoms with van der Waals surface area (Å²) >= 11 is 5.86. The highest BCUT2D eigenvalue weighted by atomic mass is 35.5. The second-order valence-corrected chi connectivity index (χ2v) is 7.29. The van der Waals surface area contributed by atoms with Gasteiger partial charge < -0.3 is 0 Å². The predicted octanol–water partition coefficient (Wildman–Crippen LogP) is 2.33. The number of fused-ring (bicyclic) bond motifs is 1. The molecule has 0 unspecified atom stereocenters. The monoisotopic (exact) mass is 351 g/mol. The molecular weight excluding hydrogens is 338 g/mol. The lowest BCUT2D eigenvalue weighted by atomic mass is 10.3. The van der Waals surface area contributed by atoms with E-state index in [-0.39, 0.29) is 10.6 Å². The SMILES string of the molecule is Cn1c(=O)n(C)c2cc(S(=O)(=O)Nc3cccc(Cl)c3)ccc21. The predicted molar refractivity (Wildman–Crippen MR) is 90.4 cm³/mol. The van der Waals surface area contributed by atoms with Crippen LogP contribution in [0.15, 0.2) is 52.2 Å². The van der Waals surface area contributed by atoms with Crippen LogP contribution in [0.2, 0.25) is 5.02 Å². The van der Waals surface area contributed by atoms with Crippen LogP contribution in [0.4, 0.5) is 5.69 Å². The van der Waals surface area contributed by atoms with Gasteiger partial charge in [-0.3, -0.25) is 13.9 Å². The van der Waals surface area contributed by atoms with Crippen molar-refractivity contribution >= 4 is 38.3 Å². The van der Waals surface area contributed by atoms with Crippen LogP contribution < -0.4 is 10.4 Å². The standard InChI is InChI=1S/C15H14ClN3O3S/c1-18-13-7-6-12(9-14(13)19(2)15(18)20)23(21,22)17-11-5-3-4-10(16)8-11/h3-9,17H,1-2H3. The average molecular weight is 352 g/mol. The molecule has 3 rings (SSSR count). The maximum absolute atomic E-state index is 12.5. The molecule has 1 N–H and O–H groups in total. The highest BCUT2D eigenvalue weighted by Crippen LogP contribution is 2.22. The Morgan fingerprint density at radius 1 is 1.00 bits per heavy atom. The van der Waals surface area contributed by atoms with Crippen LogP contribution in [0, 0.1) is 0 Å². The molecule has 3 aromatic rings. The van der Waals surface area contributed by atoms with Crippen LogP contribution in [0.5, 0.6) is 0 Å². The topological polar surface area (TPSA) is 73.1 Å². The molecule has 6 nitrogen and oxygen atoms in total. The molecule has 0 fully saturated rings. The Labute approximate surface area is 138 Å². The fourth-order valence-electron chi connectivity index (χ4n) is 2.42. The third-order valence-electron chi connectivity index (χ3n) is 3.63. The van der Waals surface area contributed by atoms with E-state index >= 15 is 0 Å². The van der Waals surface area contributed by atoms with Crippen molar-refractivity contribution in [2.24, 2.45) is 14.1 Å². The molecule has 0 saturated carbocycles. The summed E-state index contributed by atoms with van der Waals surface area (Å²) in [7, 11) is -0.531. The van der Waals surface area contributed by atoms with E-state index in [4.69, 9.17) is 11.6 Å². The van der Waals surface area contributed by atoms with Gasteiger partial charge in [0, 0.05) is 19.1 Å². The number of nitrogens with zero attached hydrogens (tertiary/aromatic N) is 2. The lowest BCUT2D eigenvalue weighted by molar-refractivity contribution is 0.601. The van der Waals surface area contributed by atoms with E-state index in [9.17, 15) is 13.2 Å². The van der Waals surface area contributed by atoms with E-state index in [2.05, 4.69) is 4.72 Å². The summed E-state index contributed by atoms with van der Waals surface area (Å²) < 4.78 is 30.4. The van der Waals surface area contributed by atoms with Crippen molar-refractivity contribution in [3.05, 3.63) is 58.0 Å². The second kappa shape index (κ2) is 5.43. The Balaban J connectivity index is 2.08. The van der Waals surface area contributed by atoms with Gasteiger partial charge in [0.2, 0.25) is 0 Å². The molecule has 0 amide bonds. The number of rotatable bonds is 3. The Bertz CT molecular complexity index is 1070. The lowest BCUT2D eigenvalue weighted by Gasteiger charge is -2.09. The van der Waals surface area contributed by atoms with Crippen LogP contribution in [-0.4, -0.2) is 17.6 Å². The van der Waals surface area contributed by atoms with Gasteiger partial charge in [-0.15, -0.1) is 0 Å². The van der Waals surface area contributed by atoms with Gasteiger partial charge in [-0.1, -0.05) is 17.7 Å². The minimum Gasteiger partial charge on any atom is -0.295 e. The summed E-state index contributed by atoms with van der Waals surface area (Å²) in [6, 6.07) is 11.0. The van der Waals surface area contributed by atoms with Crippen molar-refractivity contribution in [2.75, 3.05) is 4.72 Å². The third kappa shape index (κ3) is 2.73. The Morgan fingerprint density at radius 3 is 2.39 bits per heavy atom. The Kier molecular flexibility index (Phi) is 3.69. The van der Waals surface area contributed by atoms with E-state index in [0.29, 0.717) is 21.7 Å². The van der Waals surface area contributed by atoms with Gasteiger partial charge in [-0.2, -0.15) is 0 Å². The van der Waals surface area contributed by atoms with Crippen LogP contribution in [0.1, 0.15) is 0 Å². The summed E-state index contributed by atoms with van der Waals surface area (Å²) in [5.74, 6) is 0. The second-order valence-electron chi connectivity index (χ2n) is 5.17. The minimum atomic E-state index is -3.78. The number of nitrogens with one attached hydrogen (secondary N) is 1. The number of halogens is 1. The zero-order valence-corrected chi connectivity index (χ0v) is 14.0. The van der Waals surface area contributed by atoms with Crippen molar-refractivity contribution in [3.63, 3.8) is 0 Å². The highest BCUT2D eigenvalue weighted by molar-refractivity contribution is 7.92. The quantitative estimate of drug-likeness (QED) is 0.787. The molecule has 120 valence electrons. The van der Waals surface area contributed by atoms with E-state index in [0.717, 1.165) is 0 Å².